The Morgan fingerprint density at radius 2 is 2.21 bits per heavy atom. The van der Waals surface area contributed by atoms with Gasteiger partial charge in [0.25, 0.3) is 0 Å². The average molecular weight is 347 g/mol. The Morgan fingerprint density at radius 1 is 1.38 bits per heavy atom. The van der Waals surface area contributed by atoms with Gasteiger partial charge in [-0.2, -0.15) is 0 Å². The number of aromatic nitrogens is 2. The van der Waals surface area contributed by atoms with Gasteiger partial charge in [-0.1, -0.05) is 19.9 Å². The van der Waals surface area contributed by atoms with Crippen LogP contribution in [-0.2, 0) is 13.1 Å². The minimum Gasteiger partial charge on any atom is -0.481 e. The van der Waals surface area contributed by atoms with Crippen LogP contribution in [0.5, 0.6) is 5.88 Å². The van der Waals surface area contributed by atoms with Gasteiger partial charge in [0.05, 0.1) is 25.9 Å². The smallest absolute Gasteiger partial charge is 0.218 e. The highest BCUT2D eigenvalue weighted by Gasteiger charge is 2.07. The Morgan fingerprint density at radius 3 is 2.88 bits per heavy atom. The molecule has 0 bridgehead atoms. The van der Waals surface area contributed by atoms with Crippen molar-refractivity contribution in [3.05, 3.63) is 40.0 Å². The van der Waals surface area contributed by atoms with Crippen molar-refractivity contribution < 1.29 is 4.74 Å². The summed E-state index contributed by atoms with van der Waals surface area (Å²) in [6.07, 6.45) is 1.71. The maximum Gasteiger partial charge on any atom is 0.218 e. The van der Waals surface area contributed by atoms with Crippen molar-refractivity contribution in [1.82, 2.24) is 20.6 Å². The number of hydrogen-bond donors (Lipinski definition) is 2. The summed E-state index contributed by atoms with van der Waals surface area (Å²) in [6.45, 7) is 8.31. The van der Waals surface area contributed by atoms with Crippen LogP contribution in [-0.4, -0.2) is 29.6 Å². The van der Waals surface area contributed by atoms with Crippen molar-refractivity contribution in [3.63, 3.8) is 0 Å². The number of pyridine rings is 1. The molecule has 0 aliphatic rings. The SMILES string of the molecule is CCNC(=NCc1cccnc1OC)NCc1nc(C(C)C)cs1. The summed E-state index contributed by atoms with van der Waals surface area (Å²) in [5.74, 6) is 1.82. The van der Waals surface area contributed by atoms with Crippen LogP contribution in [0.3, 0.4) is 0 Å². The van der Waals surface area contributed by atoms with Gasteiger partial charge < -0.3 is 15.4 Å². The van der Waals surface area contributed by atoms with Crippen molar-refractivity contribution in [2.24, 2.45) is 4.99 Å². The van der Waals surface area contributed by atoms with E-state index in [0.717, 1.165) is 28.8 Å². The number of methoxy groups -OCH3 is 1. The molecule has 0 atom stereocenters. The lowest BCUT2D eigenvalue weighted by Gasteiger charge is -2.11. The molecule has 6 nitrogen and oxygen atoms in total. The standard InChI is InChI=1S/C17H25N5OS/c1-5-18-17(20-9-13-7-6-8-19-16(13)23-4)21-10-15-22-14(11-24-15)12(2)3/h6-8,11-12H,5,9-10H2,1-4H3,(H2,18,20,21). The van der Waals surface area contributed by atoms with Crippen LogP contribution in [0.4, 0.5) is 0 Å². The monoisotopic (exact) mass is 347 g/mol. The maximum atomic E-state index is 5.26. The highest BCUT2D eigenvalue weighted by Crippen LogP contribution is 2.17. The number of nitrogens with one attached hydrogen (secondary N) is 2. The first kappa shape index (κ1) is 18.2. The van der Waals surface area contributed by atoms with Gasteiger partial charge in [0.2, 0.25) is 5.88 Å². The van der Waals surface area contributed by atoms with Crippen molar-refractivity contribution >= 4 is 17.3 Å². The number of thiazole rings is 1. The Hall–Kier alpha value is -2.15. The fourth-order valence-electron chi connectivity index (χ4n) is 2.07. The molecule has 24 heavy (non-hydrogen) atoms. The molecule has 2 N–H and O–H groups in total. The van der Waals surface area contributed by atoms with E-state index in [-0.39, 0.29) is 0 Å². The molecule has 0 aliphatic heterocycles. The van der Waals surface area contributed by atoms with Crippen molar-refractivity contribution in [3.8, 4) is 5.88 Å². The second-order valence-electron chi connectivity index (χ2n) is 5.54. The van der Waals surface area contributed by atoms with E-state index in [0.29, 0.717) is 24.9 Å². The molecule has 0 spiro atoms. The summed E-state index contributed by atoms with van der Waals surface area (Å²) < 4.78 is 5.26. The second-order valence-corrected chi connectivity index (χ2v) is 6.48. The molecule has 0 saturated heterocycles. The molecular formula is C17H25N5OS. The molecule has 0 saturated carbocycles. The van der Waals surface area contributed by atoms with Crippen LogP contribution >= 0.6 is 11.3 Å². The van der Waals surface area contributed by atoms with Gasteiger partial charge in [0.15, 0.2) is 5.96 Å². The van der Waals surface area contributed by atoms with Crippen LogP contribution in [0.2, 0.25) is 0 Å². The third-order valence-electron chi connectivity index (χ3n) is 3.36. The summed E-state index contributed by atoms with van der Waals surface area (Å²) in [5, 5.41) is 9.74. The number of nitrogens with zero attached hydrogens (tertiary/aromatic N) is 3. The molecule has 0 fully saturated rings. The van der Waals surface area contributed by atoms with E-state index in [1.807, 2.05) is 19.1 Å². The molecular weight excluding hydrogens is 322 g/mol. The average Bonchev–Trinajstić information content (AvgIpc) is 3.07. The van der Waals surface area contributed by atoms with E-state index >= 15 is 0 Å². The molecule has 2 aromatic heterocycles. The Kier molecular flexibility index (Phi) is 6.99. The van der Waals surface area contributed by atoms with E-state index in [1.165, 1.54) is 0 Å². The van der Waals surface area contributed by atoms with Crippen molar-refractivity contribution in [1.29, 1.82) is 0 Å². The molecule has 0 aliphatic carbocycles. The largest absolute Gasteiger partial charge is 0.481 e. The van der Waals surface area contributed by atoms with E-state index in [1.54, 1.807) is 24.6 Å². The fraction of sp³-hybridized carbons (Fsp3) is 0.471. The van der Waals surface area contributed by atoms with Gasteiger partial charge in [0, 0.05) is 23.7 Å². The zero-order valence-corrected chi connectivity index (χ0v) is 15.5. The summed E-state index contributed by atoms with van der Waals surface area (Å²) in [7, 11) is 1.62. The maximum absolute atomic E-state index is 5.26. The zero-order valence-electron chi connectivity index (χ0n) is 14.7. The topological polar surface area (TPSA) is 71.4 Å². The minimum absolute atomic E-state index is 0.454. The predicted molar refractivity (Wildman–Crippen MR) is 98.6 cm³/mol. The molecule has 0 amide bonds. The lowest BCUT2D eigenvalue weighted by molar-refractivity contribution is 0.392. The van der Waals surface area contributed by atoms with Crippen molar-refractivity contribution in [2.45, 2.75) is 39.8 Å². The number of rotatable bonds is 7. The molecule has 0 unspecified atom stereocenters. The minimum atomic E-state index is 0.454. The van der Waals surface area contributed by atoms with E-state index < -0.39 is 0 Å². The second kappa shape index (κ2) is 9.22. The third-order valence-corrected chi connectivity index (χ3v) is 4.23. The Labute approximate surface area is 147 Å². The lowest BCUT2D eigenvalue weighted by Crippen LogP contribution is -2.36. The fourth-order valence-corrected chi connectivity index (χ4v) is 2.96. The first-order valence-electron chi connectivity index (χ1n) is 8.08. The Balaban J connectivity index is 1.99. The van der Waals surface area contributed by atoms with Crippen LogP contribution in [0, 0.1) is 0 Å². The number of guanidine groups is 1. The van der Waals surface area contributed by atoms with Gasteiger partial charge >= 0.3 is 0 Å². The molecule has 0 aromatic carbocycles. The van der Waals surface area contributed by atoms with Crippen LogP contribution < -0.4 is 15.4 Å². The first-order valence-corrected chi connectivity index (χ1v) is 8.96. The van der Waals surface area contributed by atoms with E-state index in [2.05, 4.69) is 44.8 Å². The molecule has 0 radical (unpaired) electrons. The van der Waals surface area contributed by atoms with E-state index in [4.69, 9.17) is 4.74 Å². The normalized spacial score (nSPS) is 11.6. The first-order chi connectivity index (χ1) is 11.6. The molecule has 2 aromatic rings. The van der Waals surface area contributed by atoms with Crippen LogP contribution in [0.25, 0.3) is 0 Å². The predicted octanol–water partition coefficient (Wildman–Crippen LogP) is 2.93. The number of ether oxygens (including phenoxy) is 1. The van der Waals surface area contributed by atoms with E-state index in [9.17, 15) is 0 Å². The van der Waals surface area contributed by atoms with Gasteiger partial charge in [-0.15, -0.1) is 11.3 Å². The highest BCUT2D eigenvalue weighted by molar-refractivity contribution is 7.09. The summed E-state index contributed by atoms with van der Waals surface area (Å²) in [6, 6.07) is 3.85. The number of aliphatic imine (C=N–C) groups is 1. The molecule has 2 heterocycles. The molecule has 2 rings (SSSR count). The lowest BCUT2D eigenvalue weighted by atomic mass is 10.2. The third kappa shape index (κ3) is 5.19. The zero-order chi connectivity index (χ0) is 17.4. The summed E-state index contributed by atoms with van der Waals surface area (Å²) in [5.41, 5.74) is 2.09. The summed E-state index contributed by atoms with van der Waals surface area (Å²) >= 11 is 1.67. The van der Waals surface area contributed by atoms with Gasteiger partial charge in [-0.05, 0) is 18.9 Å². The van der Waals surface area contributed by atoms with Crippen molar-refractivity contribution in [2.75, 3.05) is 13.7 Å². The summed E-state index contributed by atoms with van der Waals surface area (Å²) in [4.78, 5) is 13.4. The molecule has 130 valence electrons. The van der Waals surface area contributed by atoms with Gasteiger partial charge in [-0.3, -0.25) is 0 Å². The molecule has 7 heteroatoms. The quantitative estimate of drug-likeness (QED) is 0.595. The number of hydrogen-bond acceptors (Lipinski definition) is 5. The highest BCUT2D eigenvalue weighted by atomic mass is 32.1. The van der Waals surface area contributed by atoms with Gasteiger partial charge in [-0.25, -0.2) is 15.0 Å². The Bertz CT molecular complexity index is 669. The van der Waals surface area contributed by atoms with Gasteiger partial charge in [0.1, 0.15) is 5.01 Å². The van der Waals surface area contributed by atoms with Crippen LogP contribution in [0.1, 0.15) is 43.0 Å². The van der Waals surface area contributed by atoms with Crippen LogP contribution in [0.15, 0.2) is 28.7 Å².